The number of carbonyl (C=O) groups is 2. The molecule has 0 N–H and O–H groups in total. The smallest absolute Gasteiger partial charge is 0.233 e. The van der Waals surface area contributed by atoms with Crippen molar-refractivity contribution in [2.45, 2.75) is 4.90 Å². The van der Waals surface area contributed by atoms with Crippen molar-refractivity contribution in [1.82, 2.24) is 9.80 Å². The van der Waals surface area contributed by atoms with Gasteiger partial charge in [-0.3, -0.25) is 9.59 Å². The van der Waals surface area contributed by atoms with Crippen LogP contribution in [0.4, 0.5) is 0 Å². The number of nitrogens with zero attached hydrogens (tertiary/aromatic N) is 2. The standard InChI is InChI=1S/C14H18N2O3S/c1-19-12-3-2-4-13(9-12)20-10-14(18)16-7-5-15(11-17)6-8-16/h2-4,9,11H,5-8,10H2,1H3. The van der Waals surface area contributed by atoms with Crippen molar-refractivity contribution in [3.63, 3.8) is 0 Å². The Hall–Kier alpha value is -1.69. The highest BCUT2D eigenvalue weighted by molar-refractivity contribution is 8.00. The Balaban J connectivity index is 1.81. The fourth-order valence-electron chi connectivity index (χ4n) is 2.00. The summed E-state index contributed by atoms with van der Waals surface area (Å²) in [4.78, 5) is 27.2. The first kappa shape index (κ1) is 14.7. The van der Waals surface area contributed by atoms with E-state index in [0.29, 0.717) is 31.9 Å². The van der Waals surface area contributed by atoms with E-state index in [-0.39, 0.29) is 5.91 Å². The molecule has 108 valence electrons. The molecule has 0 radical (unpaired) electrons. The van der Waals surface area contributed by atoms with Crippen molar-refractivity contribution in [3.05, 3.63) is 24.3 Å². The molecule has 1 saturated heterocycles. The second-order valence-corrected chi connectivity index (χ2v) is 5.54. The van der Waals surface area contributed by atoms with Crippen LogP contribution in [0, 0.1) is 0 Å². The van der Waals surface area contributed by atoms with Crippen LogP contribution in [0.2, 0.25) is 0 Å². The first-order valence-electron chi connectivity index (χ1n) is 6.47. The van der Waals surface area contributed by atoms with Crippen LogP contribution in [0.1, 0.15) is 0 Å². The molecule has 0 saturated carbocycles. The number of hydrogen-bond donors (Lipinski definition) is 0. The molecule has 1 aromatic carbocycles. The molecular formula is C14H18N2O3S. The Bertz CT molecular complexity index is 473. The van der Waals surface area contributed by atoms with Crippen LogP contribution in [0.15, 0.2) is 29.2 Å². The monoisotopic (exact) mass is 294 g/mol. The summed E-state index contributed by atoms with van der Waals surface area (Å²) in [5.74, 6) is 1.32. The van der Waals surface area contributed by atoms with Gasteiger partial charge in [-0.2, -0.15) is 0 Å². The van der Waals surface area contributed by atoms with Crippen LogP contribution >= 0.6 is 11.8 Å². The van der Waals surface area contributed by atoms with Gasteiger partial charge in [0, 0.05) is 31.1 Å². The Kier molecular flexibility index (Phi) is 5.29. The van der Waals surface area contributed by atoms with E-state index >= 15 is 0 Å². The van der Waals surface area contributed by atoms with E-state index in [9.17, 15) is 9.59 Å². The molecule has 0 spiro atoms. The Labute approximate surface area is 122 Å². The summed E-state index contributed by atoms with van der Waals surface area (Å²) in [6.45, 7) is 2.49. The third kappa shape index (κ3) is 3.90. The predicted molar refractivity (Wildman–Crippen MR) is 77.9 cm³/mol. The highest BCUT2D eigenvalue weighted by atomic mass is 32.2. The first-order chi connectivity index (χ1) is 9.72. The van der Waals surface area contributed by atoms with Gasteiger partial charge in [-0.1, -0.05) is 6.07 Å². The Morgan fingerprint density at radius 2 is 2.10 bits per heavy atom. The predicted octanol–water partition coefficient (Wildman–Crippen LogP) is 1.09. The number of piperazine rings is 1. The van der Waals surface area contributed by atoms with Crippen molar-refractivity contribution in [2.24, 2.45) is 0 Å². The van der Waals surface area contributed by atoms with Gasteiger partial charge in [0.25, 0.3) is 0 Å². The van der Waals surface area contributed by atoms with E-state index in [2.05, 4.69) is 0 Å². The Morgan fingerprint density at radius 3 is 2.75 bits per heavy atom. The molecule has 0 atom stereocenters. The van der Waals surface area contributed by atoms with Crippen molar-refractivity contribution in [3.8, 4) is 5.75 Å². The average Bonchev–Trinajstić information content (AvgIpc) is 2.53. The zero-order chi connectivity index (χ0) is 14.4. The maximum Gasteiger partial charge on any atom is 0.233 e. The van der Waals surface area contributed by atoms with Crippen LogP contribution in [-0.2, 0) is 9.59 Å². The summed E-state index contributed by atoms with van der Waals surface area (Å²) in [5, 5.41) is 0. The van der Waals surface area contributed by atoms with Crippen LogP contribution < -0.4 is 4.74 Å². The number of amides is 2. The molecule has 1 aliphatic heterocycles. The molecule has 0 aliphatic carbocycles. The van der Waals surface area contributed by atoms with Gasteiger partial charge < -0.3 is 14.5 Å². The number of ether oxygens (including phenoxy) is 1. The molecule has 1 aliphatic rings. The van der Waals surface area contributed by atoms with Crippen LogP contribution in [-0.4, -0.2) is 61.2 Å². The van der Waals surface area contributed by atoms with Crippen molar-refractivity contribution < 1.29 is 14.3 Å². The van der Waals surface area contributed by atoms with E-state index in [0.717, 1.165) is 17.1 Å². The minimum Gasteiger partial charge on any atom is -0.497 e. The topological polar surface area (TPSA) is 49.9 Å². The highest BCUT2D eigenvalue weighted by Crippen LogP contribution is 2.23. The Morgan fingerprint density at radius 1 is 1.35 bits per heavy atom. The number of rotatable bonds is 5. The lowest BCUT2D eigenvalue weighted by Crippen LogP contribution is -2.48. The lowest BCUT2D eigenvalue weighted by Gasteiger charge is -2.32. The zero-order valence-corrected chi connectivity index (χ0v) is 12.3. The normalized spacial score (nSPS) is 15.1. The van der Waals surface area contributed by atoms with Crippen molar-refractivity contribution in [1.29, 1.82) is 0 Å². The molecule has 1 heterocycles. The summed E-state index contributed by atoms with van der Waals surface area (Å²) >= 11 is 1.50. The fourth-order valence-corrected chi connectivity index (χ4v) is 2.85. The third-order valence-corrected chi connectivity index (χ3v) is 4.20. The molecule has 20 heavy (non-hydrogen) atoms. The van der Waals surface area contributed by atoms with Gasteiger partial charge >= 0.3 is 0 Å². The molecule has 0 bridgehead atoms. The number of methoxy groups -OCH3 is 1. The van der Waals surface area contributed by atoms with E-state index in [1.807, 2.05) is 29.2 Å². The van der Waals surface area contributed by atoms with Crippen molar-refractivity contribution in [2.75, 3.05) is 39.0 Å². The third-order valence-electron chi connectivity index (χ3n) is 3.22. The SMILES string of the molecule is COc1cccc(SCC(=O)N2CCN(C=O)CC2)c1. The lowest BCUT2D eigenvalue weighted by molar-refractivity contribution is -0.132. The number of thioether (sulfide) groups is 1. The molecule has 2 amide bonds. The van der Waals surface area contributed by atoms with E-state index in [1.165, 1.54) is 11.8 Å². The second-order valence-electron chi connectivity index (χ2n) is 4.49. The summed E-state index contributed by atoms with van der Waals surface area (Å²) in [6.07, 6.45) is 0.840. The summed E-state index contributed by atoms with van der Waals surface area (Å²) in [6, 6.07) is 7.67. The van der Waals surface area contributed by atoms with Crippen molar-refractivity contribution >= 4 is 24.1 Å². The minimum atomic E-state index is 0.114. The van der Waals surface area contributed by atoms with Gasteiger partial charge in [0.15, 0.2) is 0 Å². The van der Waals surface area contributed by atoms with E-state index < -0.39 is 0 Å². The molecular weight excluding hydrogens is 276 g/mol. The van der Waals surface area contributed by atoms with Gasteiger partial charge in [-0.15, -0.1) is 11.8 Å². The molecule has 1 aromatic rings. The fraction of sp³-hybridized carbons (Fsp3) is 0.429. The second kappa shape index (κ2) is 7.19. The molecule has 0 unspecified atom stereocenters. The average molecular weight is 294 g/mol. The highest BCUT2D eigenvalue weighted by Gasteiger charge is 2.19. The van der Waals surface area contributed by atoms with Crippen LogP contribution in [0.5, 0.6) is 5.75 Å². The van der Waals surface area contributed by atoms with Gasteiger partial charge in [0.1, 0.15) is 5.75 Å². The number of carbonyl (C=O) groups excluding carboxylic acids is 2. The molecule has 1 fully saturated rings. The number of benzene rings is 1. The van der Waals surface area contributed by atoms with Crippen LogP contribution in [0.25, 0.3) is 0 Å². The summed E-state index contributed by atoms with van der Waals surface area (Å²) in [5.41, 5.74) is 0. The van der Waals surface area contributed by atoms with Gasteiger partial charge in [0.2, 0.25) is 12.3 Å². The summed E-state index contributed by atoms with van der Waals surface area (Å²) in [7, 11) is 1.63. The molecule has 5 nitrogen and oxygen atoms in total. The van der Waals surface area contributed by atoms with Gasteiger partial charge in [-0.05, 0) is 18.2 Å². The minimum absolute atomic E-state index is 0.114. The largest absolute Gasteiger partial charge is 0.497 e. The van der Waals surface area contributed by atoms with Gasteiger partial charge in [0.05, 0.1) is 12.9 Å². The number of hydrogen-bond acceptors (Lipinski definition) is 4. The molecule has 6 heteroatoms. The summed E-state index contributed by atoms with van der Waals surface area (Å²) < 4.78 is 5.15. The first-order valence-corrected chi connectivity index (χ1v) is 7.45. The quantitative estimate of drug-likeness (QED) is 0.602. The van der Waals surface area contributed by atoms with Gasteiger partial charge in [-0.25, -0.2) is 0 Å². The molecule has 2 rings (SSSR count). The maximum absolute atomic E-state index is 12.1. The van der Waals surface area contributed by atoms with E-state index in [1.54, 1.807) is 12.0 Å². The van der Waals surface area contributed by atoms with E-state index in [4.69, 9.17) is 4.74 Å². The zero-order valence-electron chi connectivity index (χ0n) is 11.4. The lowest BCUT2D eigenvalue weighted by atomic mass is 10.3. The molecule has 0 aromatic heterocycles. The van der Waals surface area contributed by atoms with Crippen LogP contribution in [0.3, 0.4) is 0 Å². The maximum atomic E-state index is 12.1.